The molecule has 3 nitrogen and oxygen atoms in total. The first kappa shape index (κ1) is 13.9. The summed E-state index contributed by atoms with van der Waals surface area (Å²) in [6.45, 7) is 7.38. The van der Waals surface area contributed by atoms with Crippen LogP contribution in [0.1, 0.15) is 26.7 Å². The van der Waals surface area contributed by atoms with Gasteiger partial charge in [-0.3, -0.25) is 4.84 Å². The predicted octanol–water partition coefficient (Wildman–Crippen LogP) is 2.71. The summed E-state index contributed by atoms with van der Waals surface area (Å²) in [7, 11) is 2.31. The van der Waals surface area contributed by atoms with Crippen LogP contribution >= 0.6 is 9.47 Å². The minimum absolute atomic E-state index is 0.654. The Labute approximate surface area is 101 Å². The second-order valence-corrected chi connectivity index (χ2v) is 4.10. The Morgan fingerprint density at radius 3 is 2.69 bits per heavy atom. The quantitative estimate of drug-likeness (QED) is 0.507. The fourth-order valence-electron chi connectivity index (χ4n) is 1.74. The van der Waals surface area contributed by atoms with Crippen molar-refractivity contribution >= 4 is 9.47 Å². The zero-order chi connectivity index (χ0) is 11.8. The van der Waals surface area contributed by atoms with Crippen LogP contribution in [0.3, 0.4) is 0 Å². The lowest BCUT2D eigenvalue weighted by Crippen LogP contribution is -2.24. The normalized spacial score (nSPS) is 16.2. The molecule has 0 heterocycles. The van der Waals surface area contributed by atoms with Crippen LogP contribution in [0.4, 0.5) is 0 Å². The standard InChI is InChI=1S/C12H22NO2P/c1-3-13(4-2)14-9-11-7-5-6-8-12(11)10-15-16/h5,7H,3-4,6,8-10,16H2,1-2H3. The van der Waals surface area contributed by atoms with Crippen LogP contribution in [0.15, 0.2) is 23.3 Å². The first-order valence-corrected chi connectivity index (χ1v) is 6.35. The molecule has 1 aliphatic carbocycles. The van der Waals surface area contributed by atoms with Crippen molar-refractivity contribution < 1.29 is 9.36 Å². The molecule has 0 bridgehead atoms. The lowest BCUT2D eigenvalue weighted by atomic mass is 9.99. The van der Waals surface area contributed by atoms with Gasteiger partial charge in [-0.2, -0.15) is 5.06 Å². The number of hydroxylamine groups is 2. The molecule has 0 saturated heterocycles. The van der Waals surface area contributed by atoms with Crippen molar-refractivity contribution in [3.63, 3.8) is 0 Å². The third kappa shape index (κ3) is 4.34. The van der Waals surface area contributed by atoms with Crippen molar-refractivity contribution in [2.75, 3.05) is 26.3 Å². The van der Waals surface area contributed by atoms with Crippen molar-refractivity contribution in [1.29, 1.82) is 0 Å². The Bertz CT molecular complexity index is 260. The van der Waals surface area contributed by atoms with E-state index < -0.39 is 0 Å². The summed E-state index contributed by atoms with van der Waals surface area (Å²) >= 11 is 0. The van der Waals surface area contributed by atoms with E-state index in [1.807, 2.05) is 5.06 Å². The summed E-state index contributed by atoms with van der Waals surface area (Å²) in [5, 5.41) is 1.97. The van der Waals surface area contributed by atoms with Gasteiger partial charge in [0.2, 0.25) is 0 Å². The lowest BCUT2D eigenvalue weighted by Gasteiger charge is -2.21. The Hall–Kier alpha value is -0.210. The maximum absolute atomic E-state index is 5.72. The fraction of sp³-hybridized carbons (Fsp3) is 0.667. The van der Waals surface area contributed by atoms with Crippen LogP contribution in [0, 0.1) is 0 Å². The van der Waals surface area contributed by atoms with Gasteiger partial charge in [-0.15, -0.1) is 0 Å². The molecular formula is C12H22NO2P. The number of nitrogens with zero attached hydrogens (tertiary/aromatic N) is 1. The number of rotatable bonds is 7. The van der Waals surface area contributed by atoms with Crippen LogP contribution in [-0.4, -0.2) is 31.4 Å². The first-order chi connectivity index (χ1) is 7.81. The van der Waals surface area contributed by atoms with Gasteiger partial charge in [-0.1, -0.05) is 26.0 Å². The summed E-state index contributed by atoms with van der Waals surface area (Å²) in [4.78, 5) is 5.72. The van der Waals surface area contributed by atoms with Gasteiger partial charge in [0.15, 0.2) is 0 Å². The van der Waals surface area contributed by atoms with Gasteiger partial charge in [-0.05, 0) is 24.0 Å². The molecule has 16 heavy (non-hydrogen) atoms. The summed E-state index contributed by atoms with van der Waals surface area (Å²) in [6, 6.07) is 0. The molecule has 0 aromatic carbocycles. The van der Waals surface area contributed by atoms with E-state index in [1.54, 1.807) is 0 Å². The molecule has 0 aliphatic heterocycles. The summed E-state index contributed by atoms with van der Waals surface area (Å²) in [6.07, 6.45) is 6.55. The molecule has 1 atom stereocenters. The average Bonchev–Trinajstić information content (AvgIpc) is 2.33. The largest absolute Gasteiger partial charge is 0.361 e. The Morgan fingerprint density at radius 2 is 2.06 bits per heavy atom. The number of hydrogen-bond acceptors (Lipinski definition) is 3. The Balaban J connectivity index is 2.51. The summed E-state index contributed by atoms with van der Waals surface area (Å²) in [5.41, 5.74) is 2.62. The zero-order valence-electron chi connectivity index (χ0n) is 10.2. The van der Waals surface area contributed by atoms with Gasteiger partial charge in [0.25, 0.3) is 0 Å². The molecule has 0 spiro atoms. The van der Waals surface area contributed by atoms with Crippen LogP contribution in [-0.2, 0) is 9.36 Å². The molecule has 1 aliphatic rings. The minimum atomic E-state index is 0.654. The van der Waals surface area contributed by atoms with Crippen molar-refractivity contribution in [2.24, 2.45) is 0 Å². The highest BCUT2D eigenvalue weighted by atomic mass is 31.0. The number of hydrogen-bond donors (Lipinski definition) is 0. The average molecular weight is 243 g/mol. The van der Waals surface area contributed by atoms with Gasteiger partial charge in [0.1, 0.15) is 0 Å². The molecule has 0 aromatic heterocycles. The number of allylic oxidation sites excluding steroid dienone is 1. The fourth-order valence-corrected chi connectivity index (χ4v) is 1.95. The van der Waals surface area contributed by atoms with Crippen molar-refractivity contribution in [1.82, 2.24) is 5.06 Å². The Kier molecular flexibility index (Phi) is 6.90. The predicted molar refractivity (Wildman–Crippen MR) is 69.9 cm³/mol. The van der Waals surface area contributed by atoms with E-state index in [-0.39, 0.29) is 0 Å². The lowest BCUT2D eigenvalue weighted by molar-refractivity contribution is -0.143. The summed E-state index contributed by atoms with van der Waals surface area (Å²) < 4.78 is 5.13. The van der Waals surface area contributed by atoms with Crippen molar-refractivity contribution in [2.45, 2.75) is 26.7 Å². The molecule has 0 fully saturated rings. The van der Waals surface area contributed by atoms with Gasteiger partial charge >= 0.3 is 0 Å². The van der Waals surface area contributed by atoms with E-state index >= 15 is 0 Å². The second kappa shape index (κ2) is 7.97. The maximum Gasteiger partial charge on any atom is 0.0936 e. The van der Waals surface area contributed by atoms with Gasteiger partial charge in [0.05, 0.1) is 13.2 Å². The molecule has 92 valence electrons. The van der Waals surface area contributed by atoms with E-state index in [2.05, 4.69) is 35.5 Å². The second-order valence-electron chi connectivity index (χ2n) is 3.77. The Morgan fingerprint density at radius 1 is 1.31 bits per heavy atom. The smallest absolute Gasteiger partial charge is 0.0936 e. The molecular weight excluding hydrogens is 221 g/mol. The highest BCUT2D eigenvalue weighted by Gasteiger charge is 2.09. The molecule has 1 unspecified atom stereocenters. The van der Waals surface area contributed by atoms with E-state index in [0.717, 1.165) is 25.9 Å². The molecule has 4 heteroatoms. The van der Waals surface area contributed by atoms with Gasteiger partial charge in [0, 0.05) is 22.6 Å². The van der Waals surface area contributed by atoms with Gasteiger partial charge in [-0.25, -0.2) is 0 Å². The van der Waals surface area contributed by atoms with E-state index in [1.165, 1.54) is 11.1 Å². The highest BCUT2D eigenvalue weighted by Crippen LogP contribution is 2.20. The SMILES string of the molecule is CCN(CC)OCC1=C(COP)CCC=C1. The summed E-state index contributed by atoms with van der Waals surface area (Å²) in [5.74, 6) is 0. The highest BCUT2D eigenvalue weighted by molar-refractivity contribution is 7.09. The topological polar surface area (TPSA) is 21.7 Å². The molecule has 0 N–H and O–H groups in total. The van der Waals surface area contributed by atoms with Crippen LogP contribution in [0.5, 0.6) is 0 Å². The van der Waals surface area contributed by atoms with Crippen LogP contribution < -0.4 is 0 Å². The third-order valence-electron chi connectivity index (χ3n) is 2.75. The zero-order valence-corrected chi connectivity index (χ0v) is 11.4. The van der Waals surface area contributed by atoms with Crippen LogP contribution in [0.2, 0.25) is 0 Å². The van der Waals surface area contributed by atoms with Crippen molar-refractivity contribution in [3.8, 4) is 0 Å². The maximum atomic E-state index is 5.72. The van der Waals surface area contributed by atoms with E-state index in [0.29, 0.717) is 13.2 Å². The van der Waals surface area contributed by atoms with Crippen molar-refractivity contribution in [3.05, 3.63) is 23.3 Å². The van der Waals surface area contributed by atoms with Gasteiger partial charge < -0.3 is 4.52 Å². The molecule has 0 aromatic rings. The molecule has 0 amide bonds. The minimum Gasteiger partial charge on any atom is -0.361 e. The van der Waals surface area contributed by atoms with E-state index in [9.17, 15) is 0 Å². The van der Waals surface area contributed by atoms with Crippen LogP contribution in [0.25, 0.3) is 0 Å². The van der Waals surface area contributed by atoms with E-state index in [4.69, 9.17) is 9.36 Å². The molecule has 0 radical (unpaired) electrons. The molecule has 1 rings (SSSR count). The third-order valence-corrected chi connectivity index (χ3v) is 2.92. The first-order valence-electron chi connectivity index (χ1n) is 5.88. The molecule has 0 saturated carbocycles. The monoisotopic (exact) mass is 243 g/mol.